The number of hydrogen-bond acceptors (Lipinski definition) is 3. The van der Waals surface area contributed by atoms with Gasteiger partial charge in [0, 0.05) is 30.3 Å². The van der Waals surface area contributed by atoms with Crippen LogP contribution >= 0.6 is 0 Å². The molecule has 25 heavy (non-hydrogen) atoms. The molecule has 132 valence electrons. The van der Waals surface area contributed by atoms with E-state index in [1.807, 2.05) is 23.9 Å². The molecule has 1 aromatic heterocycles. The van der Waals surface area contributed by atoms with Crippen LogP contribution in [0.5, 0.6) is 0 Å². The summed E-state index contributed by atoms with van der Waals surface area (Å²) >= 11 is 0. The van der Waals surface area contributed by atoms with Crippen LogP contribution in [0.1, 0.15) is 30.0 Å². The standard InChI is InChI=1S/C21H27N3O/c1-16-7-4-8-17(13-16)19-10-5-11-20(22-19)18-9-6-12-24(14-18)21(25)15-23(2)3/h4-5,7-8,10-11,13,18H,6,9,12,14-15H2,1-3H3/t18-/m1/s1. The van der Waals surface area contributed by atoms with Crippen molar-refractivity contribution in [1.82, 2.24) is 14.8 Å². The summed E-state index contributed by atoms with van der Waals surface area (Å²) in [4.78, 5) is 21.2. The van der Waals surface area contributed by atoms with Gasteiger partial charge in [-0.05, 0) is 52.1 Å². The van der Waals surface area contributed by atoms with E-state index in [1.165, 1.54) is 5.56 Å². The van der Waals surface area contributed by atoms with E-state index in [2.05, 4.69) is 49.4 Å². The molecule has 1 aliphatic heterocycles. The number of aryl methyl sites for hydroxylation is 1. The second-order valence-corrected chi connectivity index (χ2v) is 7.23. The summed E-state index contributed by atoms with van der Waals surface area (Å²) in [5, 5.41) is 0. The van der Waals surface area contributed by atoms with Gasteiger partial charge in [0.15, 0.2) is 0 Å². The van der Waals surface area contributed by atoms with E-state index in [0.29, 0.717) is 12.5 Å². The zero-order chi connectivity index (χ0) is 17.8. The molecule has 0 radical (unpaired) electrons. The Bertz CT molecular complexity index is 741. The minimum absolute atomic E-state index is 0.213. The van der Waals surface area contributed by atoms with Crippen LogP contribution in [0.2, 0.25) is 0 Å². The van der Waals surface area contributed by atoms with Crippen molar-refractivity contribution < 1.29 is 4.79 Å². The molecular formula is C21H27N3O. The topological polar surface area (TPSA) is 36.4 Å². The van der Waals surface area contributed by atoms with Gasteiger partial charge in [-0.25, -0.2) is 0 Å². The molecule has 4 heteroatoms. The maximum absolute atomic E-state index is 12.4. The van der Waals surface area contributed by atoms with Gasteiger partial charge in [-0.1, -0.05) is 29.8 Å². The fourth-order valence-electron chi connectivity index (χ4n) is 3.46. The lowest BCUT2D eigenvalue weighted by molar-refractivity contribution is -0.133. The van der Waals surface area contributed by atoms with Gasteiger partial charge in [0.05, 0.1) is 12.2 Å². The maximum Gasteiger partial charge on any atom is 0.236 e. The molecule has 0 aliphatic carbocycles. The van der Waals surface area contributed by atoms with Gasteiger partial charge in [0.25, 0.3) is 0 Å². The molecule has 3 rings (SSSR count). The van der Waals surface area contributed by atoms with Crippen molar-refractivity contribution in [3.05, 3.63) is 53.7 Å². The highest BCUT2D eigenvalue weighted by Gasteiger charge is 2.25. The molecule has 0 spiro atoms. The quantitative estimate of drug-likeness (QED) is 0.859. The van der Waals surface area contributed by atoms with Crippen LogP contribution in [0, 0.1) is 6.92 Å². The summed E-state index contributed by atoms with van der Waals surface area (Å²) in [6.45, 7) is 4.21. The van der Waals surface area contributed by atoms with Crippen LogP contribution in [0.15, 0.2) is 42.5 Å². The fraction of sp³-hybridized carbons (Fsp3) is 0.429. The van der Waals surface area contributed by atoms with Crippen molar-refractivity contribution in [2.24, 2.45) is 0 Å². The Balaban J connectivity index is 1.77. The molecule has 0 unspecified atom stereocenters. The van der Waals surface area contributed by atoms with Gasteiger partial charge < -0.3 is 9.80 Å². The first-order valence-electron chi connectivity index (χ1n) is 8.99. The predicted octanol–water partition coefficient (Wildman–Crippen LogP) is 3.32. The second kappa shape index (κ2) is 7.79. The number of piperidine rings is 1. The minimum atomic E-state index is 0.213. The second-order valence-electron chi connectivity index (χ2n) is 7.23. The van der Waals surface area contributed by atoms with E-state index in [1.54, 1.807) is 0 Å². The molecule has 0 saturated carbocycles. The van der Waals surface area contributed by atoms with E-state index in [0.717, 1.165) is 42.9 Å². The number of rotatable bonds is 4. The Morgan fingerprint density at radius 1 is 1.24 bits per heavy atom. The average molecular weight is 337 g/mol. The van der Waals surface area contributed by atoms with Crippen molar-refractivity contribution >= 4 is 5.91 Å². The first kappa shape index (κ1) is 17.6. The zero-order valence-corrected chi connectivity index (χ0v) is 15.4. The molecule has 1 fully saturated rings. The Kier molecular flexibility index (Phi) is 5.49. The summed E-state index contributed by atoms with van der Waals surface area (Å²) in [6.07, 6.45) is 2.14. The number of carbonyl (C=O) groups is 1. The predicted molar refractivity (Wildman–Crippen MR) is 102 cm³/mol. The van der Waals surface area contributed by atoms with Crippen molar-refractivity contribution in [3.8, 4) is 11.3 Å². The lowest BCUT2D eigenvalue weighted by Crippen LogP contribution is -2.43. The third kappa shape index (κ3) is 4.45. The minimum Gasteiger partial charge on any atom is -0.341 e. The molecule has 4 nitrogen and oxygen atoms in total. The van der Waals surface area contributed by atoms with E-state index in [-0.39, 0.29) is 5.91 Å². The number of benzene rings is 1. The smallest absolute Gasteiger partial charge is 0.236 e. The SMILES string of the molecule is Cc1cccc(-c2cccc([C@@H]3CCCN(C(=O)CN(C)C)C3)n2)c1. The van der Waals surface area contributed by atoms with Gasteiger partial charge in [0.1, 0.15) is 0 Å². The van der Waals surface area contributed by atoms with Gasteiger partial charge in [-0.15, -0.1) is 0 Å². The molecule has 2 heterocycles. The van der Waals surface area contributed by atoms with Gasteiger partial charge >= 0.3 is 0 Å². The van der Waals surface area contributed by atoms with E-state index >= 15 is 0 Å². The molecule has 1 aliphatic rings. The van der Waals surface area contributed by atoms with Crippen molar-refractivity contribution in [2.45, 2.75) is 25.7 Å². The third-order valence-corrected chi connectivity index (χ3v) is 4.73. The first-order valence-corrected chi connectivity index (χ1v) is 8.99. The lowest BCUT2D eigenvalue weighted by atomic mass is 9.93. The monoisotopic (exact) mass is 337 g/mol. The zero-order valence-electron chi connectivity index (χ0n) is 15.4. The molecule has 1 atom stereocenters. The molecule has 1 aromatic carbocycles. The molecular weight excluding hydrogens is 310 g/mol. The number of carbonyl (C=O) groups excluding carboxylic acids is 1. The Hall–Kier alpha value is -2.20. The van der Waals surface area contributed by atoms with E-state index in [4.69, 9.17) is 4.98 Å². The van der Waals surface area contributed by atoms with Gasteiger partial charge in [-0.2, -0.15) is 0 Å². The van der Waals surface area contributed by atoms with Crippen molar-refractivity contribution in [2.75, 3.05) is 33.7 Å². The van der Waals surface area contributed by atoms with Crippen molar-refractivity contribution in [1.29, 1.82) is 0 Å². The number of hydrogen-bond donors (Lipinski definition) is 0. The van der Waals surface area contributed by atoms with Crippen molar-refractivity contribution in [3.63, 3.8) is 0 Å². The molecule has 0 bridgehead atoms. The Labute approximate surface area is 150 Å². The van der Waals surface area contributed by atoms with Crippen LogP contribution in [-0.4, -0.2) is 54.4 Å². The van der Waals surface area contributed by atoms with Crippen LogP contribution in [0.25, 0.3) is 11.3 Å². The Morgan fingerprint density at radius 2 is 2.04 bits per heavy atom. The lowest BCUT2D eigenvalue weighted by Gasteiger charge is -2.33. The molecule has 2 aromatic rings. The number of likely N-dealkylation sites (N-methyl/N-ethyl adjacent to an activating group) is 1. The van der Waals surface area contributed by atoms with E-state index in [9.17, 15) is 4.79 Å². The van der Waals surface area contributed by atoms with Crippen LogP contribution in [-0.2, 0) is 4.79 Å². The summed E-state index contributed by atoms with van der Waals surface area (Å²) in [5.41, 5.74) is 4.50. The number of aromatic nitrogens is 1. The summed E-state index contributed by atoms with van der Waals surface area (Å²) in [6, 6.07) is 14.7. The van der Waals surface area contributed by atoms with Crippen LogP contribution < -0.4 is 0 Å². The fourth-order valence-corrected chi connectivity index (χ4v) is 3.46. The van der Waals surface area contributed by atoms with Crippen LogP contribution in [0.3, 0.4) is 0 Å². The number of nitrogens with zero attached hydrogens (tertiary/aromatic N) is 3. The summed E-state index contributed by atoms with van der Waals surface area (Å²) < 4.78 is 0. The third-order valence-electron chi connectivity index (χ3n) is 4.73. The largest absolute Gasteiger partial charge is 0.341 e. The maximum atomic E-state index is 12.4. The highest BCUT2D eigenvalue weighted by Crippen LogP contribution is 2.28. The molecule has 1 saturated heterocycles. The summed E-state index contributed by atoms with van der Waals surface area (Å²) in [5.74, 6) is 0.536. The first-order chi connectivity index (χ1) is 12.0. The van der Waals surface area contributed by atoms with Gasteiger partial charge in [0.2, 0.25) is 5.91 Å². The normalized spacial score (nSPS) is 17.8. The highest BCUT2D eigenvalue weighted by molar-refractivity contribution is 5.78. The van der Waals surface area contributed by atoms with E-state index < -0.39 is 0 Å². The van der Waals surface area contributed by atoms with Crippen LogP contribution in [0.4, 0.5) is 0 Å². The highest BCUT2D eigenvalue weighted by atomic mass is 16.2. The number of amides is 1. The molecule has 1 amide bonds. The number of likely N-dealkylation sites (tertiary alicyclic amines) is 1. The Morgan fingerprint density at radius 3 is 2.80 bits per heavy atom. The van der Waals surface area contributed by atoms with Gasteiger partial charge in [-0.3, -0.25) is 9.78 Å². The average Bonchev–Trinajstić information content (AvgIpc) is 2.61. The molecule has 0 N–H and O–H groups in total. The summed E-state index contributed by atoms with van der Waals surface area (Å²) in [7, 11) is 3.87. The number of pyridine rings is 1.